The van der Waals surface area contributed by atoms with Crippen LogP contribution in [-0.4, -0.2) is 20.9 Å². The van der Waals surface area contributed by atoms with Crippen LogP contribution in [0.4, 0.5) is 5.82 Å². The highest BCUT2D eigenvalue weighted by atomic mass is 16.6. The van der Waals surface area contributed by atoms with Crippen LogP contribution >= 0.6 is 0 Å². The molecule has 6 heteroatoms. The number of nitrogens with zero attached hydrogens (tertiary/aromatic N) is 3. The molecule has 0 bridgehead atoms. The molecular formula is C5H5N3O3. The van der Waals surface area contributed by atoms with E-state index in [1.54, 1.807) is 0 Å². The first-order valence-corrected chi connectivity index (χ1v) is 2.80. The van der Waals surface area contributed by atoms with Crippen molar-refractivity contribution in [3.8, 4) is 0 Å². The standard InChI is InChI=1S/C5H5N3O3/c1-4-6-2-5(8(10)11)7(4)3-9/h2-3H,1H3. The molecule has 0 saturated heterocycles. The zero-order valence-electron chi connectivity index (χ0n) is 5.72. The molecule has 0 atom stereocenters. The lowest BCUT2D eigenvalue weighted by molar-refractivity contribution is -0.390. The smallest absolute Gasteiger partial charge is 0.350 e. The Morgan fingerprint density at radius 3 is 2.82 bits per heavy atom. The van der Waals surface area contributed by atoms with Crippen molar-refractivity contribution in [1.82, 2.24) is 9.55 Å². The summed E-state index contributed by atoms with van der Waals surface area (Å²) in [5.41, 5.74) is 0. The average Bonchev–Trinajstić information content (AvgIpc) is 2.30. The Balaban J connectivity index is 3.26. The Kier molecular flexibility index (Phi) is 1.67. The summed E-state index contributed by atoms with van der Waals surface area (Å²) in [4.78, 5) is 23.4. The van der Waals surface area contributed by atoms with E-state index in [0.717, 1.165) is 10.8 Å². The number of carbonyl (C=O) groups excluding carboxylic acids is 1. The van der Waals surface area contributed by atoms with Crippen molar-refractivity contribution in [2.45, 2.75) is 6.92 Å². The highest BCUT2D eigenvalue weighted by Gasteiger charge is 2.15. The fourth-order valence-electron chi connectivity index (χ4n) is 0.707. The minimum absolute atomic E-state index is 0.308. The largest absolute Gasteiger partial charge is 0.358 e. The molecule has 0 radical (unpaired) electrons. The Hall–Kier alpha value is -1.72. The van der Waals surface area contributed by atoms with Crippen LogP contribution < -0.4 is 0 Å². The SMILES string of the molecule is Cc1ncc([N+](=O)[O-])n1C=O. The van der Waals surface area contributed by atoms with E-state index >= 15 is 0 Å². The van der Waals surface area contributed by atoms with Crippen LogP contribution in [0.5, 0.6) is 0 Å². The van der Waals surface area contributed by atoms with Crippen molar-refractivity contribution in [3.05, 3.63) is 22.1 Å². The zero-order chi connectivity index (χ0) is 8.43. The van der Waals surface area contributed by atoms with Gasteiger partial charge >= 0.3 is 12.2 Å². The van der Waals surface area contributed by atoms with Gasteiger partial charge in [0.05, 0.1) is 0 Å². The first kappa shape index (κ1) is 7.39. The number of hydrogen-bond donors (Lipinski definition) is 0. The van der Waals surface area contributed by atoms with Gasteiger partial charge in [0.25, 0.3) is 0 Å². The Labute approximate surface area is 61.6 Å². The maximum absolute atomic E-state index is 10.2. The van der Waals surface area contributed by atoms with Gasteiger partial charge in [-0.05, 0) is 4.92 Å². The van der Waals surface area contributed by atoms with Crippen LogP contribution in [0.3, 0.4) is 0 Å². The van der Waals surface area contributed by atoms with Gasteiger partial charge in [-0.2, -0.15) is 0 Å². The molecule has 0 aliphatic heterocycles. The fraction of sp³-hybridized carbons (Fsp3) is 0.200. The summed E-state index contributed by atoms with van der Waals surface area (Å²) in [6, 6.07) is 0. The molecule has 0 aromatic carbocycles. The highest BCUT2D eigenvalue weighted by Crippen LogP contribution is 2.09. The minimum atomic E-state index is -0.658. The van der Waals surface area contributed by atoms with E-state index in [0.29, 0.717) is 12.2 Å². The molecule has 1 aromatic rings. The molecule has 0 unspecified atom stereocenters. The number of aromatic nitrogens is 2. The van der Waals surface area contributed by atoms with E-state index in [4.69, 9.17) is 0 Å². The van der Waals surface area contributed by atoms with Crippen LogP contribution in [0.25, 0.3) is 0 Å². The lowest BCUT2D eigenvalue weighted by Gasteiger charge is -1.90. The van der Waals surface area contributed by atoms with Crippen molar-refractivity contribution in [2.24, 2.45) is 0 Å². The molecule has 6 nitrogen and oxygen atoms in total. The second-order valence-corrected chi connectivity index (χ2v) is 1.90. The van der Waals surface area contributed by atoms with Crippen molar-refractivity contribution >= 4 is 12.2 Å². The Morgan fingerprint density at radius 1 is 1.82 bits per heavy atom. The van der Waals surface area contributed by atoms with Gasteiger partial charge < -0.3 is 10.1 Å². The van der Waals surface area contributed by atoms with E-state index in [-0.39, 0.29) is 5.82 Å². The third-order valence-electron chi connectivity index (χ3n) is 1.25. The van der Waals surface area contributed by atoms with E-state index in [1.807, 2.05) is 0 Å². The first-order valence-electron chi connectivity index (χ1n) is 2.80. The van der Waals surface area contributed by atoms with E-state index in [9.17, 15) is 14.9 Å². The lowest BCUT2D eigenvalue weighted by atomic mass is 10.7. The van der Waals surface area contributed by atoms with Gasteiger partial charge in [0, 0.05) is 6.92 Å². The number of imidazole rings is 1. The molecule has 0 spiro atoms. The van der Waals surface area contributed by atoms with Crippen molar-refractivity contribution in [2.75, 3.05) is 0 Å². The lowest BCUT2D eigenvalue weighted by Crippen LogP contribution is -2.02. The van der Waals surface area contributed by atoms with Gasteiger partial charge in [0.2, 0.25) is 5.82 Å². The predicted octanol–water partition coefficient (Wildman–Crippen LogP) is 0.138. The second-order valence-electron chi connectivity index (χ2n) is 1.90. The highest BCUT2D eigenvalue weighted by molar-refractivity contribution is 5.58. The third-order valence-corrected chi connectivity index (χ3v) is 1.25. The summed E-state index contributed by atoms with van der Waals surface area (Å²) in [6.45, 7) is 1.52. The molecule has 0 fully saturated rings. The van der Waals surface area contributed by atoms with Crippen LogP contribution in [-0.2, 0) is 4.79 Å². The zero-order valence-corrected chi connectivity index (χ0v) is 5.72. The summed E-state index contributed by atoms with van der Waals surface area (Å²) in [5, 5.41) is 10.2. The molecule has 0 N–H and O–H groups in total. The monoisotopic (exact) mass is 155 g/mol. The normalized spacial score (nSPS) is 9.55. The van der Waals surface area contributed by atoms with Gasteiger partial charge in [0.1, 0.15) is 6.20 Å². The van der Waals surface area contributed by atoms with Gasteiger partial charge in [0.15, 0.2) is 0 Å². The van der Waals surface area contributed by atoms with Crippen LogP contribution in [0.2, 0.25) is 0 Å². The quantitative estimate of drug-likeness (QED) is 0.345. The third kappa shape index (κ3) is 1.09. The summed E-state index contributed by atoms with van der Waals surface area (Å²) in [6.07, 6.45) is 1.41. The molecule has 58 valence electrons. The summed E-state index contributed by atoms with van der Waals surface area (Å²) < 4.78 is 0.875. The maximum Gasteiger partial charge on any atom is 0.350 e. The molecule has 1 heterocycles. The Morgan fingerprint density at radius 2 is 2.45 bits per heavy atom. The number of carbonyl (C=O) groups is 1. The minimum Gasteiger partial charge on any atom is -0.358 e. The number of rotatable bonds is 2. The van der Waals surface area contributed by atoms with E-state index < -0.39 is 4.92 Å². The molecule has 0 aliphatic carbocycles. The second kappa shape index (κ2) is 2.49. The average molecular weight is 155 g/mol. The molecular weight excluding hydrogens is 150 g/mol. The maximum atomic E-state index is 10.2. The van der Waals surface area contributed by atoms with Gasteiger partial charge in [-0.25, -0.2) is 4.98 Å². The van der Waals surface area contributed by atoms with Crippen molar-refractivity contribution in [1.29, 1.82) is 0 Å². The number of nitro groups is 1. The van der Waals surface area contributed by atoms with Gasteiger partial charge in [-0.1, -0.05) is 0 Å². The summed E-state index contributed by atoms with van der Waals surface area (Å²) in [7, 11) is 0. The Bertz CT molecular complexity index is 304. The molecule has 1 aromatic heterocycles. The van der Waals surface area contributed by atoms with E-state index in [1.165, 1.54) is 6.92 Å². The van der Waals surface area contributed by atoms with Crippen molar-refractivity contribution in [3.63, 3.8) is 0 Å². The van der Waals surface area contributed by atoms with Crippen LogP contribution in [0.1, 0.15) is 5.82 Å². The summed E-state index contributed by atoms with van der Waals surface area (Å²) >= 11 is 0. The van der Waals surface area contributed by atoms with Gasteiger partial charge in [-0.15, -0.1) is 4.57 Å². The fourth-order valence-corrected chi connectivity index (χ4v) is 0.707. The first-order chi connectivity index (χ1) is 5.16. The molecule has 0 aliphatic rings. The predicted molar refractivity (Wildman–Crippen MR) is 35.8 cm³/mol. The molecule has 0 amide bonds. The molecule has 11 heavy (non-hydrogen) atoms. The van der Waals surface area contributed by atoms with E-state index in [2.05, 4.69) is 4.98 Å². The van der Waals surface area contributed by atoms with Crippen LogP contribution in [0.15, 0.2) is 6.20 Å². The number of aryl methyl sites for hydroxylation is 1. The topological polar surface area (TPSA) is 78.0 Å². The van der Waals surface area contributed by atoms with Gasteiger partial charge in [-0.3, -0.25) is 4.79 Å². The number of hydrogen-bond acceptors (Lipinski definition) is 4. The van der Waals surface area contributed by atoms with Crippen molar-refractivity contribution < 1.29 is 9.72 Å². The summed E-state index contributed by atoms with van der Waals surface area (Å²) in [5.74, 6) is 0.00389. The van der Waals surface area contributed by atoms with Crippen LogP contribution in [0, 0.1) is 17.0 Å². The molecule has 1 rings (SSSR count). The molecule has 0 saturated carbocycles.